The summed E-state index contributed by atoms with van der Waals surface area (Å²) in [5.41, 5.74) is 1.65. The monoisotopic (exact) mass is 478 g/mol. The number of hydrogen-bond donors (Lipinski definition) is 2. The fraction of sp³-hybridized carbons (Fsp3) is 0.444. The topological polar surface area (TPSA) is 91.0 Å². The number of amides is 3. The fourth-order valence-electron chi connectivity index (χ4n) is 4.45. The zero-order valence-corrected chi connectivity index (χ0v) is 20.5. The van der Waals surface area contributed by atoms with E-state index in [2.05, 4.69) is 10.6 Å². The van der Waals surface area contributed by atoms with Gasteiger partial charge in [-0.15, -0.1) is 0 Å². The maximum Gasteiger partial charge on any atom is 0.265 e. The summed E-state index contributed by atoms with van der Waals surface area (Å²) in [6.07, 6.45) is 2.49. The Balaban J connectivity index is 1.47. The quantitative estimate of drug-likeness (QED) is 0.637. The van der Waals surface area contributed by atoms with E-state index in [1.165, 1.54) is 0 Å². The van der Waals surface area contributed by atoms with Crippen molar-refractivity contribution in [3.63, 3.8) is 0 Å². The Kier molecular flexibility index (Phi) is 7.90. The molecule has 2 aromatic carbocycles. The van der Waals surface area contributed by atoms with Crippen LogP contribution >= 0.6 is 0 Å². The molecule has 3 amide bonds. The van der Waals surface area contributed by atoms with Crippen LogP contribution in [0.15, 0.2) is 48.5 Å². The molecule has 2 aliphatic heterocycles. The molecular formula is C27H34N4O4. The molecule has 1 saturated heterocycles. The first-order valence-electron chi connectivity index (χ1n) is 12.4. The van der Waals surface area contributed by atoms with E-state index in [1.54, 1.807) is 24.3 Å². The zero-order valence-electron chi connectivity index (χ0n) is 20.5. The number of likely N-dealkylation sites (tertiary alicyclic amines) is 1. The number of hydrogen-bond acceptors (Lipinski definition) is 5. The van der Waals surface area contributed by atoms with E-state index < -0.39 is 6.10 Å². The second-order valence-corrected chi connectivity index (χ2v) is 9.54. The van der Waals surface area contributed by atoms with Crippen LogP contribution in [0.3, 0.4) is 0 Å². The van der Waals surface area contributed by atoms with Gasteiger partial charge >= 0.3 is 0 Å². The Morgan fingerprint density at radius 3 is 2.49 bits per heavy atom. The van der Waals surface area contributed by atoms with Gasteiger partial charge in [0.2, 0.25) is 5.91 Å². The third kappa shape index (κ3) is 6.12. The molecule has 1 fully saturated rings. The highest BCUT2D eigenvalue weighted by molar-refractivity contribution is 6.04. The van der Waals surface area contributed by atoms with E-state index in [0.29, 0.717) is 29.5 Å². The van der Waals surface area contributed by atoms with Crippen molar-refractivity contribution >= 4 is 29.1 Å². The van der Waals surface area contributed by atoms with Gasteiger partial charge < -0.3 is 25.2 Å². The molecule has 4 rings (SSSR count). The third-order valence-electron chi connectivity index (χ3n) is 6.26. The molecular weight excluding hydrogens is 444 g/mol. The number of benzene rings is 2. The number of para-hydroxylation sites is 3. The minimum Gasteiger partial charge on any atom is -0.477 e. The lowest BCUT2D eigenvalue weighted by molar-refractivity contribution is -0.139. The van der Waals surface area contributed by atoms with Crippen molar-refractivity contribution < 1.29 is 19.1 Å². The van der Waals surface area contributed by atoms with Gasteiger partial charge in [0.25, 0.3) is 11.8 Å². The van der Waals surface area contributed by atoms with Crippen LogP contribution in [-0.2, 0) is 9.59 Å². The number of nitrogens with one attached hydrogen (secondary N) is 2. The Morgan fingerprint density at radius 1 is 1.00 bits per heavy atom. The van der Waals surface area contributed by atoms with Crippen LogP contribution in [0.25, 0.3) is 0 Å². The molecule has 8 nitrogen and oxygen atoms in total. The van der Waals surface area contributed by atoms with Gasteiger partial charge in [-0.3, -0.25) is 14.4 Å². The normalized spacial score (nSPS) is 17.4. The molecule has 1 atom stereocenters. The average Bonchev–Trinajstić information content (AvgIpc) is 2.87. The molecule has 0 radical (unpaired) electrons. The summed E-state index contributed by atoms with van der Waals surface area (Å²) in [5, 5.41) is 5.78. The summed E-state index contributed by atoms with van der Waals surface area (Å²) in [6, 6.07) is 14.4. The lowest BCUT2D eigenvalue weighted by Crippen LogP contribution is -2.52. The smallest absolute Gasteiger partial charge is 0.265 e. The Labute approximate surface area is 206 Å². The molecule has 0 spiro atoms. The molecule has 35 heavy (non-hydrogen) atoms. The number of rotatable bonds is 7. The first-order valence-corrected chi connectivity index (χ1v) is 12.4. The van der Waals surface area contributed by atoms with E-state index in [9.17, 15) is 14.4 Å². The third-order valence-corrected chi connectivity index (χ3v) is 6.26. The van der Waals surface area contributed by atoms with Crippen LogP contribution in [0.5, 0.6) is 5.75 Å². The molecule has 0 aromatic heterocycles. The summed E-state index contributed by atoms with van der Waals surface area (Å²) in [6.45, 7) is 6.42. The molecule has 2 heterocycles. The molecule has 2 aromatic rings. The summed E-state index contributed by atoms with van der Waals surface area (Å²) >= 11 is 0. The first-order chi connectivity index (χ1) is 16.9. The summed E-state index contributed by atoms with van der Waals surface area (Å²) in [5.74, 6) is 0.392. The molecule has 8 heteroatoms. The molecule has 2 N–H and O–H groups in total. The second-order valence-electron chi connectivity index (χ2n) is 9.54. The van der Waals surface area contributed by atoms with Gasteiger partial charge in [0, 0.05) is 19.6 Å². The number of carbonyl (C=O) groups excluding carboxylic acids is 3. The number of fused-ring (bicyclic) bond motifs is 1. The van der Waals surface area contributed by atoms with Gasteiger partial charge in [0.15, 0.2) is 6.10 Å². The van der Waals surface area contributed by atoms with Gasteiger partial charge in [0.1, 0.15) is 5.75 Å². The number of ether oxygens (including phenoxy) is 1. The summed E-state index contributed by atoms with van der Waals surface area (Å²) in [7, 11) is 0. The number of carbonyl (C=O) groups is 3. The minimum atomic E-state index is -0.662. The van der Waals surface area contributed by atoms with Gasteiger partial charge in [-0.25, -0.2) is 0 Å². The highest BCUT2D eigenvalue weighted by atomic mass is 16.5. The molecule has 0 bridgehead atoms. The molecule has 0 unspecified atom stereocenters. The van der Waals surface area contributed by atoms with E-state index in [1.807, 2.05) is 47.9 Å². The standard InChI is InChI=1S/C27H34N4O4/c1-19(2)16-28-26(33)20-10-4-5-11-21(20)29-25(32)18-31-17-24(27(34)30-14-8-3-9-15-30)35-23-13-7-6-12-22(23)31/h4-7,10-13,19,24H,3,8-9,14-18H2,1-2H3,(H,28,33)(H,29,32)/t24-/m0/s1. The lowest BCUT2D eigenvalue weighted by atomic mass is 10.1. The maximum atomic E-state index is 13.1. The van der Waals surface area contributed by atoms with Crippen molar-refractivity contribution in [2.45, 2.75) is 39.2 Å². The predicted octanol–water partition coefficient (Wildman–Crippen LogP) is 3.29. The van der Waals surface area contributed by atoms with Crippen molar-refractivity contribution in [2.24, 2.45) is 5.92 Å². The van der Waals surface area contributed by atoms with Crippen molar-refractivity contribution in [1.82, 2.24) is 10.2 Å². The van der Waals surface area contributed by atoms with Crippen LogP contribution in [-0.4, -0.2) is 61.4 Å². The number of nitrogens with zero attached hydrogens (tertiary/aromatic N) is 2. The van der Waals surface area contributed by atoms with E-state index in [-0.39, 0.29) is 30.8 Å². The molecule has 186 valence electrons. The summed E-state index contributed by atoms with van der Waals surface area (Å²) in [4.78, 5) is 42.6. The predicted molar refractivity (Wildman–Crippen MR) is 136 cm³/mol. The first kappa shape index (κ1) is 24.6. The average molecular weight is 479 g/mol. The van der Waals surface area contributed by atoms with E-state index in [4.69, 9.17) is 4.74 Å². The van der Waals surface area contributed by atoms with Crippen LogP contribution in [0.4, 0.5) is 11.4 Å². The van der Waals surface area contributed by atoms with Gasteiger partial charge in [0.05, 0.1) is 30.0 Å². The van der Waals surface area contributed by atoms with Gasteiger partial charge in [-0.05, 0) is 49.4 Å². The lowest BCUT2D eigenvalue weighted by Gasteiger charge is -2.38. The minimum absolute atomic E-state index is 0.0308. The Hall–Kier alpha value is -3.55. The van der Waals surface area contributed by atoms with Crippen LogP contribution in [0, 0.1) is 5.92 Å². The van der Waals surface area contributed by atoms with Crippen LogP contribution in [0.1, 0.15) is 43.5 Å². The van der Waals surface area contributed by atoms with Crippen molar-refractivity contribution in [3.8, 4) is 5.75 Å². The highest BCUT2D eigenvalue weighted by Gasteiger charge is 2.34. The Bertz CT molecular complexity index is 1060. The zero-order chi connectivity index (χ0) is 24.8. The van der Waals surface area contributed by atoms with E-state index in [0.717, 1.165) is 38.0 Å². The van der Waals surface area contributed by atoms with Gasteiger partial charge in [-0.1, -0.05) is 38.1 Å². The molecule has 0 saturated carbocycles. The highest BCUT2D eigenvalue weighted by Crippen LogP contribution is 2.33. The van der Waals surface area contributed by atoms with Crippen LogP contribution in [0.2, 0.25) is 0 Å². The van der Waals surface area contributed by atoms with Crippen molar-refractivity contribution in [3.05, 3.63) is 54.1 Å². The SMILES string of the molecule is CC(C)CNC(=O)c1ccccc1NC(=O)CN1C[C@@H](C(=O)N2CCCCC2)Oc2ccccc21. The fourth-order valence-corrected chi connectivity index (χ4v) is 4.45. The van der Waals surface area contributed by atoms with Gasteiger partial charge in [-0.2, -0.15) is 0 Å². The number of anilines is 2. The Morgan fingerprint density at radius 2 is 1.71 bits per heavy atom. The van der Waals surface area contributed by atoms with Crippen molar-refractivity contribution in [2.75, 3.05) is 42.9 Å². The molecule has 2 aliphatic rings. The molecule has 0 aliphatic carbocycles. The second kappa shape index (κ2) is 11.3. The van der Waals surface area contributed by atoms with Crippen molar-refractivity contribution in [1.29, 1.82) is 0 Å². The summed E-state index contributed by atoms with van der Waals surface area (Å²) < 4.78 is 6.06. The van der Waals surface area contributed by atoms with Crippen LogP contribution < -0.4 is 20.3 Å². The van der Waals surface area contributed by atoms with E-state index >= 15 is 0 Å². The largest absolute Gasteiger partial charge is 0.477 e. The maximum absolute atomic E-state index is 13.1. The number of piperidine rings is 1.